The average molecular weight is 304 g/mol. The Bertz CT molecular complexity index is 568. The van der Waals surface area contributed by atoms with Crippen LogP contribution in [0.2, 0.25) is 0 Å². The Balaban J connectivity index is 1.41. The molecule has 0 spiro atoms. The predicted molar refractivity (Wildman–Crippen MR) is 81.3 cm³/mol. The van der Waals surface area contributed by atoms with Gasteiger partial charge in [0.25, 0.3) is 0 Å². The van der Waals surface area contributed by atoms with Gasteiger partial charge in [-0.05, 0) is 46.6 Å². The summed E-state index contributed by atoms with van der Waals surface area (Å²) in [7, 11) is 0. The van der Waals surface area contributed by atoms with Crippen LogP contribution in [0.15, 0.2) is 11.6 Å². The van der Waals surface area contributed by atoms with Crippen LogP contribution < -0.4 is 4.90 Å². The number of hydrogen-bond donors (Lipinski definition) is 0. The van der Waals surface area contributed by atoms with Gasteiger partial charge in [-0.15, -0.1) is 0 Å². The molecule has 2 aromatic heterocycles. The fourth-order valence-corrected chi connectivity index (χ4v) is 4.02. The molecule has 0 N–H and O–H groups in total. The van der Waals surface area contributed by atoms with Crippen molar-refractivity contribution in [2.45, 2.75) is 38.6 Å². The van der Waals surface area contributed by atoms with Gasteiger partial charge in [0, 0.05) is 30.2 Å². The van der Waals surface area contributed by atoms with Crippen LogP contribution in [0.1, 0.15) is 37.7 Å². The Morgan fingerprint density at radius 1 is 1.14 bits per heavy atom. The smallest absolute Gasteiger partial charge is 0.245 e. The lowest BCUT2D eigenvalue weighted by molar-refractivity contribution is 0.175. The van der Waals surface area contributed by atoms with Gasteiger partial charge in [0.1, 0.15) is 0 Å². The van der Waals surface area contributed by atoms with E-state index >= 15 is 0 Å². The summed E-state index contributed by atoms with van der Waals surface area (Å²) in [5, 5.41) is 14.3. The van der Waals surface area contributed by atoms with Gasteiger partial charge < -0.3 is 4.90 Å². The Kier molecular flexibility index (Phi) is 3.58. The molecule has 6 nitrogen and oxygen atoms in total. The van der Waals surface area contributed by atoms with E-state index in [-0.39, 0.29) is 0 Å². The van der Waals surface area contributed by atoms with Crippen molar-refractivity contribution in [2.24, 2.45) is 11.8 Å². The van der Waals surface area contributed by atoms with Crippen LogP contribution in [0.4, 0.5) is 5.95 Å². The SMILES string of the molecule is c1nscc1Cn1nnnc1N1CCC(C2CCC2)CC1. The summed E-state index contributed by atoms with van der Waals surface area (Å²) in [6.07, 6.45) is 8.81. The molecule has 112 valence electrons. The first-order chi connectivity index (χ1) is 10.4. The van der Waals surface area contributed by atoms with Crippen molar-refractivity contribution in [3.05, 3.63) is 17.1 Å². The maximum absolute atomic E-state index is 4.24. The van der Waals surface area contributed by atoms with E-state index in [2.05, 4.69) is 24.8 Å². The molecule has 21 heavy (non-hydrogen) atoms. The van der Waals surface area contributed by atoms with Gasteiger partial charge in [-0.25, -0.2) is 9.06 Å². The van der Waals surface area contributed by atoms with Crippen LogP contribution in [0, 0.1) is 11.8 Å². The fourth-order valence-electron chi connectivity index (χ4n) is 3.49. The molecular formula is C14H20N6S. The van der Waals surface area contributed by atoms with Gasteiger partial charge in [0.2, 0.25) is 5.95 Å². The van der Waals surface area contributed by atoms with Crippen molar-refractivity contribution in [1.82, 2.24) is 24.6 Å². The van der Waals surface area contributed by atoms with Crippen molar-refractivity contribution >= 4 is 17.5 Å². The second-order valence-electron chi connectivity index (χ2n) is 6.18. The van der Waals surface area contributed by atoms with E-state index in [9.17, 15) is 0 Å². The second-order valence-corrected chi connectivity index (χ2v) is 6.84. The summed E-state index contributed by atoms with van der Waals surface area (Å²) >= 11 is 1.47. The van der Waals surface area contributed by atoms with Crippen LogP contribution in [0.3, 0.4) is 0 Å². The highest BCUT2D eigenvalue weighted by Crippen LogP contribution is 2.39. The Hall–Kier alpha value is -1.50. The number of nitrogens with zero attached hydrogens (tertiary/aromatic N) is 6. The quantitative estimate of drug-likeness (QED) is 0.866. The summed E-state index contributed by atoms with van der Waals surface area (Å²) in [6.45, 7) is 2.88. The molecule has 7 heteroatoms. The van der Waals surface area contributed by atoms with E-state index in [0.717, 1.165) is 36.4 Å². The molecule has 1 saturated heterocycles. The van der Waals surface area contributed by atoms with Crippen molar-refractivity contribution in [2.75, 3.05) is 18.0 Å². The van der Waals surface area contributed by atoms with E-state index < -0.39 is 0 Å². The van der Waals surface area contributed by atoms with E-state index in [1.807, 2.05) is 16.3 Å². The van der Waals surface area contributed by atoms with Gasteiger partial charge in [-0.2, -0.15) is 0 Å². The first kappa shape index (κ1) is 13.2. The molecule has 0 amide bonds. The molecule has 0 atom stereocenters. The highest BCUT2D eigenvalue weighted by Gasteiger charge is 2.31. The summed E-state index contributed by atoms with van der Waals surface area (Å²) in [5.74, 6) is 2.84. The molecule has 2 aliphatic rings. The third-order valence-electron chi connectivity index (χ3n) is 4.97. The highest BCUT2D eigenvalue weighted by molar-refractivity contribution is 7.03. The summed E-state index contributed by atoms with van der Waals surface area (Å²) in [6, 6.07) is 0. The van der Waals surface area contributed by atoms with Gasteiger partial charge in [-0.1, -0.05) is 24.4 Å². The van der Waals surface area contributed by atoms with Crippen molar-refractivity contribution in [3.8, 4) is 0 Å². The van der Waals surface area contributed by atoms with E-state index in [1.54, 1.807) is 0 Å². The van der Waals surface area contributed by atoms with Gasteiger partial charge >= 0.3 is 0 Å². The minimum Gasteiger partial charge on any atom is -0.340 e. The van der Waals surface area contributed by atoms with E-state index in [4.69, 9.17) is 0 Å². The summed E-state index contributed by atoms with van der Waals surface area (Å²) in [5.41, 5.74) is 1.16. The number of rotatable bonds is 4. The highest BCUT2D eigenvalue weighted by atomic mass is 32.1. The lowest BCUT2D eigenvalue weighted by atomic mass is 9.72. The molecule has 0 radical (unpaired) electrons. The molecule has 2 fully saturated rings. The molecule has 1 aliphatic heterocycles. The van der Waals surface area contributed by atoms with Crippen LogP contribution >= 0.6 is 11.5 Å². The lowest BCUT2D eigenvalue weighted by Gasteiger charge is -2.39. The fraction of sp³-hybridized carbons (Fsp3) is 0.714. The molecule has 0 bridgehead atoms. The molecule has 1 saturated carbocycles. The van der Waals surface area contributed by atoms with Crippen molar-refractivity contribution in [1.29, 1.82) is 0 Å². The number of hydrogen-bond acceptors (Lipinski definition) is 6. The zero-order valence-electron chi connectivity index (χ0n) is 12.1. The Labute approximate surface area is 128 Å². The topological polar surface area (TPSA) is 59.7 Å². The minimum absolute atomic E-state index is 0.710. The van der Waals surface area contributed by atoms with Gasteiger partial charge in [0.15, 0.2) is 0 Å². The van der Waals surface area contributed by atoms with E-state index in [1.165, 1.54) is 43.6 Å². The van der Waals surface area contributed by atoms with Crippen LogP contribution in [0.5, 0.6) is 0 Å². The first-order valence-electron chi connectivity index (χ1n) is 7.79. The van der Waals surface area contributed by atoms with Crippen molar-refractivity contribution < 1.29 is 0 Å². The molecule has 0 aromatic carbocycles. The van der Waals surface area contributed by atoms with Crippen LogP contribution in [-0.4, -0.2) is 37.7 Å². The van der Waals surface area contributed by atoms with Crippen molar-refractivity contribution in [3.63, 3.8) is 0 Å². The first-order valence-corrected chi connectivity index (χ1v) is 8.63. The van der Waals surface area contributed by atoms with Gasteiger partial charge in [-0.3, -0.25) is 0 Å². The molecule has 2 aromatic rings. The molecule has 3 heterocycles. The zero-order valence-corrected chi connectivity index (χ0v) is 12.9. The minimum atomic E-state index is 0.710. The molecule has 4 rings (SSSR count). The predicted octanol–water partition coefficient (Wildman–Crippen LogP) is 2.19. The standard InChI is InChI=1S/C14H20N6S/c1-2-12(3-1)13-4-6-19(7-5-13)14-16-17-18-20(14)9-11-8-15-21-10-11/h8,10,12-13H,1-7,9H2. The summed E-state index contributed by atoms with van der Waals surface area (Å²) in [4.78, 5) is 2.34. The zero-order chi connectivity index (χ0) is 14.1. The molecule has 0 unspecified atom stereocenters. The van der Waals surface area contributed by atoms with Crippen LogP contribution in [0.25, 0.3) is 0 Å². The number of anilines is 1. The maximum Gasteiger partial charge on any atom is 0.245 e. The number of piperidine rings is 1. The molecular weight excluding hydrogens is 284 g/mol. The largest absolute Gasteiger partial charge is 0.340 e. The second kappa shape index (κ2) is 5.71. The lowest BCUT2D eigenvalue weighted by Crippen LogP contribution is -2.39. The van der Waals surface area contributed by atoms with Crippen LogP contribution in [-0.2, 0) is 6.54 Å². The number of aromatic nitrogens is 5. The Morgan fingerprint density at radius 3 is 2.62 bits per heavy atom. The number of tetrazole rings is 1. The Morgan fingerprint density at radius 2 is 1.95 bits per heavy atom. The third-order valence-corrected chi connectivity index (χ3v) is 5.60. The van der Waals surface area contributed by atoms with E-state index in [0.29, 0.717) is 6.54 Å². The third kappa shape index (κ3) is 2.66. The monoisotopic (exact) mass is 304 g/mol. The maximum atomic E-state index is 4.24. The average Bonchev–Trinajstić information content (AvgIpc) is 3.10. The summed E-state index contributed by atoms with van der Waals surface area (Å²) < 4.78 is 6.03. The normalized spacial score (nSPS) is 20.7. The molecule has 1 aliphatic carbocycles. The van der Waals surface area contributed by atoms with Gasteiger partial charge in [0.05, 0.1) is 6.54 Å².